The molecule has 0 radical (unpaired) electrons. The highest BCUT2D eigenvalue weighted by Crippen LogP contribution is 2.69. The molecule has 4 heterocycles. The zero-order chi connectivity index (χ0) is 28.6. The van der Waals surface area contributed by atoms with E-state index in [1.807, 2.05) is 24.3 Å². The fourth-order valence-corrected chi connectivity index (χ4v) is 9.19. The van der Waals surface area contributed by atoms with Crippen molar-refractivity contribution in [2.75, 3.05) is 19.8 Å². The number of nitrogens with zero attached hydrogens (tertiary/aromatic N) is 5. The number of aliphatic hydroxyl groups excluding tert-OH is 1. The number of hydrogen-bond donors (Lipinski definition) is 1. The lowest BCUT2D eigenvalue weighted by molar-refractivity contribution is -0.155. The first-order chi connectivity index (χ1) is 19.3. The summed E-state index contributed by atoms with van der Waals surface area (Å²) in [5.41, 5.74) is 1.50. The molecule has 40 heavy (non-hydrogen) atoms. The largest absolute Gasteiger partial charge is 0.465 e. The van der Waals surface area contributed by atoms with Gasteiger partial charge in [0, 0.05) is 11.8 Å². The lowest BCUT2D eigenvalue weighted by Gasteiger charge is -2.41. The van der Waals surface area contributed by atoms with Crippen LogP contribution in [0.15, 0.2) is 49.6 Å². The van der Waals surface area contributed by atoms with Crippen molar-refractivity contribution in [3.05, 3.63) is 49.6 Å². The number of benzene rings is 1. The van der Waals surface area contributed by atoms with Gasteiger partial charge in [-0.3, -0.25) is 14.4 Å². The number of para-hydroxylation sites is 1. The molecule has 1 aromatic heterocycles. The SMILES string of the molecule is C=CCCCOC(=O)[C@@H]1[C@@H]2CC(C)C3(S2)C(C(=O)N(CC=C)Cn2nnc4ccccc42)N([C@H](C)CO)C(=O)[C@H]13. The van der Waals surface area contributed by atoms with Gasteiger partial charge in [-0.15, -0.1) is 30.0 Å². The molecular formula is C29H37N5O5S. The Morgan fingerprint density at radius 3 is 2.83 bits per heavy atom. The third kappa shape index (κ3) is 4.43. The number of carbonyl (C=O) groups is 3. The van der Waals surface area contributed by atoms with E-state index in [9.17, 15) is 19.5 Å². The number of aliphatic hydroxyl groups is 1. The Balaban J connectivity index is 1.50. The third-order valence-electron chi connectivity index (χ3n) is 8.61. The van der Waals surface area contributed by atoms with E-state index in [1.54, 1.807) is 40.4 Å². The van der Waals surface area contributed by atoms with Gasteiger partial charge in [0.15, 0.2) is 0 Å². The third-order valence-corrected chi connectivity index (χ3v) is 10.7. The predicted octanol–water partition coefficient (Wildman–Crippen LogP) is 2.63. The minimum atomic E-state index is -0.856. The maximum absolute atomic E-state index is 14.6. The summed E-state index contributed by atoms with van der Waals surface area (Å²) in [6.45, 7) is 11.7. The summed E-state index contributed by atoms with van der Waals surface area (Å²) in [6, 6.07) is 6.05. The number of rotatable bonds is 12. The van der Waals surface area contributed by atoms with Gasteiger partial charge >= 0.3 is 5.97 Å². The molecule has 3 saturated heterocycles. The van der Waals surface area contributed by atoms with Crippen LogP contribution in [0.2, 0.25) is 0 Å². The van der Waals surface area contributed by atoms with Crippen molar-refractivity contribution >= 4 is 40.6 Å². The van der Waals surface area contributed by atoms with Gasteiger partial charge in [0.05, 0.1) is 41.4 Å². The average Bonchev–Trinajstić information content (AvgIpc) is 3.67. The van der Waals surface area contributed by atoms with E-state index < -0.39 is 28.7 Å². The Bertz CT molecular complexity index is 1310. The first-order valence-electron chi connectivity index (χ1n) is 13.9. The second-order valence-electron chi connectivity index (χ2n) is 11.0. The fourth-order valence-electron chi connectivity index (χ4n) is 6.80. The van der Waals surface area contributed by atoms with Crippen molar-refractivity contribution in [2.24, 2.45) is 17.8 Å². The van der Waals surface area contributed by atoms with Gasteiger partial charge < -0.3 is 19.6 Å². The highest BCUT2D eigenvalue weighted by atomic mass is 32.2. The molecule has 11 heteroatoms. The van der Waals surface area contributed by atoms with Gasteiger partial charge in [-0.2, -0.15) is 0 Å². The number of allylic oxidation sites excluding steroid dienone is 1. The number of aromatic nitrogens is 3. The average molecular weight is 568 g/mol. The van der Waals surface area contributed by atoms with Crippen molar-refractivity contribution < 1.29 is 24.2 Å². The first kappa shape index (κ1) is 28.4. The topological polar surface area (TPSA) is 118 Å². The van der Waals surface area contributed by atoms with Crippen LogP contribution in [0.4, 0.5) is 0 Å². The summed E-state index contributed by atoms with van der Waals surface area (Å²) >= 11 is 1.59. The summed E-state index contributed by atoms with van der Waals surface area (Å²) in [5, 5.41) is 18.5. The van der Waals surface area contributed by atoms with Crippen LogP contribution in [0.3, 0.4) is 0 Å². The van der Waals surface area contributed by atoms with Gasteiger partial charge in [-0.25, -0.2) is 4.68 Å². The van der Waals surface area contributed by atoms with Crippen LogP contribution in [0.1, 0.15) is 33.1 Å². The molecule has 1 N–H and O–H groups in total. The number of hydrogen-bond acceptors (Lipinski definition) is 8. The van der Waals surface area contributed by atoms with E-state index in [0.29, 0.717) is 18.4 Å². The summed E-state index contributed by atoms with van der Waals surface area (Å²) in [4.78, 5) is 45.3. The maximum Gasteiger partial charge on any atom is 0.310 e. The Kier molecular flexibility index (Phi) is 8.05. The molecule has 3 unspecified atom stereocenters. The van der Waals surface area contributed by atoms with E-state index in [1.165, 1.54) is 4.90 Å². The Morgan fingerprint density at radius 1 is 1.32 bits per heavy atom. The molecule has 2 aromatic rings. The first-order valence-corrected chi connectivity index (χ1v) is 14.7. The quantitative estimate of drug-likeness (QED) is 0.236. The normalized spacial score (nSPS) is 29.4. The molecule has 2 amide bonds. The highest BCUT2D eigenvalue weighted by molar-refractivity contribution is 8.02. The number of ether oxygens (including phenoxy) is 1. The zero-order valence-corrected chi connectivity index (χ0v) is 23.8. The van der Waals surface area contributed by atoms with E-state index in [0.717, 1.165) is 11.9 Å². The van der Waals surface area contributed by atoms with Crippen LogP contribution in [0.5, 0.6) is 0 Å². The van der Waals surface area contributed by atoms with Gasteiger partial charge in [-0.1, -0.05) is 36.4 Å². The molecule has 7 atom stereocenters. The number of unbranched alkanes of at least 4 members (excludes halogenated alkanes) is 1. The van der Waals surface area contributed by atoms with Crippen LogP contribution >= 0.6 is 11.8 Å². The lowest BCUT2D eigenvalue weighted by Crippen LogP contribution is -2.59. The number of fused-ring (bicyclic) bond motifs is 2. The molecular weight excluding hydrogens is 530 g/mol. The molecule has 3 fully saturated rings. The Morgan fingerprint density at radius 2 is 2.10 bits per heavy atom. The van der Waals surface area contributed by atoms with Crippen LogP contribution in [-0.4, -0.2) is 89.5 Å². The number of esters is 1. The highest BCUT2D eigenvalue weighted by Gasteiger charge is 2.77. The van der Waals surface area contributed by atoms with E-state index in [-0.39, 0.29) is 55.4 Å². The summed E-state index contributed by atoms with van der Waals surface area (Å²) in [6.07, 6.45) is 5.54. The van der Waals surface area contributed by atoms with Gasteiger partial charge in [0.1, 0.15) is 18.2 Å². The number of amides is 2. The molecule has 214 valence electrons. The molecule has 5 rings (SSSR count). The molecule has 10 nitrogen and oxygen atoms in total. The molecule has 3 aliphatic heterocycles. The summed E-state index contributed by atoms with van der Waals surface area (Å²) < 4.78 is 6.49. The summed E-state index contributed by atoms with van der Waals surface area (Å²) in [5.74, 6) is -2.22. The monoisotopic (exact) mass is 567 g/mol. The van der Waals surface area contributed by atoms with Crippen molar-refractivity contribution in [2.45, 2.75) is 61.9 Å². The van der Waals surface area contributed by atoms with E-state index in [2.05, 4.69) is 30.4 Å². The van der Waals surface area contributed by atoms with Crippen molar-refractivity contribution in [1.82, 2.24) is 24.8 Å². The Labute approximate surface area is 238 Å². The van der Waals surface area contributed by atoms with Gasteiger partial charge in [0.2, 0.25) is 11.8 Å². The fraction of sp³-hybridized carbons (Fsp3) is 0.552. The molecule has 0 aliphatic carbocycles. The van der Waals surface area contributed by atoms with Crippen molar-refractivity contribution in [3.63, 3.8) is 0 Å². The molecule has 2 bridgehead atoms. The smallest absolute Gasteiger partial charge is 0.310 e. The number of thioether (sulfide) groups is 1. The van der Waals surface area contributed by atoms with Crippen molar-refractivity contribution in [1.29, 1.82) is 0 Å². The Hall–Kier alpha value is -3.18. The molecule has 1 aromatic carbocycles. The minimum Gasteiger partial charge on any atom is -0.465 e. The summed E-state index contributed by atoms with van der Waals surface area (Å²) in [7, 11) is 0. The van der Waals surface area contributed by atoms with Crippen LogP contribution < -0.4 is 0 Å². The number of carbonyl (C=O) groups excluding carboxylic acids is 3. The van der Waals surface area contributed by atoms with Gasteiger partial charge in [-0.05, 0) is 44.2 Å². The van der Waals surface area contributed by atoms with Crippen molar-refractivity contribution in [3.8, 4) is 0 Å². The predicted molar refractivity (Wildman–Crippen MR) is 152 cm³/mol. The standard InChI is InChI=1S/C29H37N5O5S/c1-5-7-10-14-39-28(38)23-22-15-18(3)29(40-22)24(23)26(36)34(19(4)16-35)25(29)27(37)32(13-6-2)17-33-21-12-9-8-11-20(21)30-31-33/h5-6,8-9,11-12,18-19,22-25,35H,1-2,7,10,13-17H2,3-4H3/t18?,19-,22+,23-,24+,25?,29?/m1/s1. The lowest BCUT2D eigenvalue weighted by atomic mass is 9.66. The number of likely N-dealkylation sites (tertiary alicyclic amines) is 1. The maximum atomic E-state index is 14.6. The van der Waals surface area contributed by atoms with Crippen LogP contribution in [-0.2, 0) is 25.8 Å². The minimum absolute atomic E-state index is 0.00360. The second kappa shape index (κ2) is 11.4. The molecule has 0 saturated carbocycles. The van der Waals surface area contributed by atoms with E-state index >= 15 is 0 Å². The van der Waals surface area contributed by atoms with Crippen LogP contribution in [0, 0.1) is 17.8 Å². The van der Waals surface area contributed by atoms with Gasteiger partial charge in [0.25, 0.3) is 0 Å². The second-order valence-corrected chi connectivity index (χ2v) is 12.5. The van der Waals surface area contributed by atoms with E-state index in [4.69, 9.17) is 4.74 Å². The molecule has 1 spiro atoms. The zero-order valence-electron chi connectivity index (χ0n) is 23.0. The molecule has 3 aliphatic rings. The van der Waals surface area contributed by atoms with Crippen LogP contribution in [0.25, 0.3) is 11.0 Å².